The lowest BCUT2D eigenvalue weighted by Gasteiger charge is -2.10. The SMILES string of the molecule is CCOc1ccc(-c2c(C)sc3ncnc(Nc4ccc(Br)cc4)c23)cc1. The molecule has 0 unspecified atom stereocenters. The van der Waals surface area contributed by atoms with Crippen LogP contribution in [0.2, 0.25) is 0 Å². The number of rotatable bonds is 5. The molecule has 2 heterocycles. The van der Waals surface area contributed by atoms with Gasteiger partial charge in [0, 0.05) is 20.6 Å². The van der Waals surface area contributed by atoms with Crippen LogP contribution in [0.3, 0.4) is 0 Å². The summed E-state index contributed by atoms with van der Waals surface area (Å²) in [7, 11) is 0. The highest BCUT2D eigenvalue weighted by Gasteiger charge is 2.17. The van der Waals surface area contributed by atoms with Crippen molar-refractivity contribution >= 4 is 49.0 Å². The second-order valence-electron chi connectivity index (χ2n) is 6.02. The van der Waals surface area contributed by atoms with Gasteiger partial charge < -0.3 is 10.1 Å². The lowest BCUT2D eigenvalue weighted by molar-refractivity contribution is 0.340. The summed E-state index contributed by atoms with van der Waals surface area (Å²) in [6, 6.07) is 16.3. The fourth-order valence-electron chi connectivity index (χ4n) is 3.04. The Balaban J connectivity index is 1.80. The first-order chi connectivity index (χ1) is 13.2. The number of nitrogens with one attached hydrogen (secondary N) is 1. The normalized spacial score (nSPS) is 10.9. The zero-order valence-electron chi connectivity index (χ0n) is 15.0. The molecule has 0 spiro atoms. The van der Waals surface area contributed by atoms with Gasteiger partial charge in [-0.05, 0) is 55.8 Å². The number of anilines is 2. The molecule has 0 aliphatic carbocycles. The molecule has 0 aliphatic heterocycles. The van der Waals surface area contributed by atoms with E-state index in [1.807, 2.05) is 43.3 Å². The van der Waals surface area contributed by atoms with E-state index in [0.717, 1.165) is 37.5 Å². The fourth-order valence-corrected chi connectivity index (χ4v) is 4.32. The summed E-state index contributed by atoms with van der Waals surface area (Å²) in [6.07, 6.45) is 1.61. The van der Waals surface area contributed by atoms with Gasteiger partial charge in [0.1, 0.15) is 22.7 Å². The van der Waals surface area contributed by atoms with Gasteiger partial charge in [0.05, 0.1) is 12.0 Å². The number of thiophene rings is 1. The third-order valence-electron chi connectivity index (χ3n) is 4.23. The van der Waals surface area contributed by atoms with Gasteiger partial charge in [-0.25, -0.2) is 9.97 Å². The van der Waals surface area contributed by atoms with E-state index in [2.05, 4.69) is 50.3 Å². The highest BCUT2D eigenvalue weighted by Crippen LogP contribution is 2.41. The van der Waals surface area contributed by atoms with Crippen LogP contribution in [0, 0.1) is 6.92 Å². The van der Waals surface area contributed by atoms with E-state index in [0.29, 0.717) is 6.61 Å². The first-order valence-electron chi connectivity index (χ1n) is 8.65. The number of fused-ring (bicyclic) bond motifs is 1. The molecule has 0 fully saturated rings. The molecule has 4 rings (SSSR count). The average molecular weight is 440 g/mol. The van der Waals surface area contributed by atoms with Crippen molar-refractivity contribution in [2.45, 2.75) is 13.8 Å². The minimum absolute atomic E-state index is 0.662. The Bertz CT molecular complexity index is 1080. The molecule has 4 nitrogen and oxygen atoms in total. The molecule has 6 heteroatoms. The number of hydrogen-bond donors (Lipinski definition) is 1. The molecule has 0 saturated heterocycles. The van der Waals surface area contributed by atoms with Crippen molar-refractivity contribution < 1.29 is 4.74 Å². The quantitative estimate of drug-likeness (QED) is 0.381. The van der Waals surface area contributed by atoms with Crippen molar-refractivity contribution in [3.63, 3.8) is 0 Å². The Morgan fingerprint density at radius 1 is 1.04 bits per heavy atom. The molecule has 27 heavy (non-hydrogen) atoms. The lowest BCUT2D eigenvalue weighted by Crippen LogP contribution is -1.95. The predicted molar refractivity (Wildman–Crippen MR) is 116 cm³/mol. The van der Waals surface area contributed by atoms with Crippen molar-refractivity contribution in [3.05, 3.63) is 64.2 Å². The summed E-state index contributed by atoms with van der Waals surface area (Å²) in [5, 5.41) is 4.49. The maximum absolute atomic E-state index is 5.57. The fraction of sp³-hybridized carbons (Fsp3) is 0.143. The van der Waals surface area contributed by atoms with Crippen LogP contribution >= 0.6 is 27.3 Å². The first kappa shape index (κ1) is 17.9. The predicted octanol–water partition coefficient (Wildman–Crippen LogP) is 6.57. The molecule has 4 aromatic rings. The van der Waals surface area contributed by atoms with E-state index in [1.54, 1.807) is 17.7 Å². The van der Waals surface area contributed by atoms with Gasteiger partial charge in [0.2, 0.25) is 0 Å². The molecule has 2 aromatic heterocycles. The summed E-state index contributed by atoms with van der Waals surface area (Å²) in [5.74, 6) is 1.69. The van der Waals surface area contributed by atoms with E-state index >= 15 is 0 Å². The van der Waals surface area contributed by atoms with Gasteiger partial charge in [-0.1, -0.05) is 28.1 Å². The molecule has 2 aromatic carbocycles. The summed E-state index contributed by atoms with van der Waals surface area (Å²) >= 11 is 5.16. The summed E-state index contributed by atoms with van der Waals surface area (Å²) in [4.78, 5) is 11.2. The summed E-state index contributed by atoms with van der Waals surface area (Å²) in [5.41, 5.74) is 3.29. The molecule has 0 radical (unpaired) electrons. The largest absolute Gasteiger partial charge is 0.494 e. The minimum Gasteiger partial charge on any atom is -0.494 e. The smallest absolute Gasteiger partial charge is 0.143 e. The molecule has 136 valence electrons. The van der Waals surface area contributed by atoms with Crippen LogP contribution in [-0.4, -0.2) is 16.6 Å². The number of hydrogen-bond acceptors (Lipinski definition) is 5. The third kappa shape index (κ3) is 3.68. The molecule has 0 atom stereocenters. The van der Waals surface area contributed by atoms with Crippen molar-refractivity contribution in [2.75, 3.05) is 11.9 Å². The highest BCUT2D eigenvalue weighted by molar-refractivity contribution is 9.10. The summed E-state index contributed by atoms with van der Waals surface area (Å²) < 4.78 is 6.61. The lowest BCUT2D eigenvalue weighted by atomic mass is 10.0. The van der Waals surface area contributed by atoms with Gasteiger partial charge in [-0.15, -0.1) is 11.3 Å². The molecule has 0 saturated carbocycles. The minimum atomic E-state index is 0.662. The first-order valence-corrected chi connectivity index (χ1v) is 10.3. The second-order valence-corrected chi connectivity index (χ2v) is 8.14. The number of ether oxygens (including phenoxy) is 1. The van der Waals surface area contributed by atoms with E-state index in [9.17, 15) is 0 Å². The highest BCUT2D eigenvalue weighted by atomic mass is 79.9. The van der Waals surface area contributed by atoms with Gasteiger partial charge in [-0.3, -0.25) is 0 Å². The van der Waals surface area contributed by atoms with Crippen LogP contribution in [0.5, 0.6) is 5.75 Å². The van der Waals surface area contributed by atoms with Crippen LogP contribution in [0.15, 0.2) is 59.3 Å². The standard InChI is InChI=1S/C21H18BrN3OS/c1-3-26-17-10-4-14(5-11-17)18-13(2)27-21-19(18)20(23-12-24-21)25-16-8-6-15(22)7-9-16/h4-12H,3H2,1-2H3,(H,23,24,25). The Morgan fingerprint density at radius 2 is 1.78 bits per heavy atom. The Labute approximate surface area is 170 Å². The molecule has 0 bridgehead atoms. The van der Waals surface area contributed by atoms with Gasteiger partial charge in [0.15, 0.2) is 0 Å². The van der Waals surface area contributed by atoms with Crippen molar-refractivity contribution in [2.24, 2.45) is 0 Å². The average Bonchev–Trinajstić information content (AvgIpc) is 3.01. The van der Waals surface area contributed by atoms with Crippen LogP contribution in [0.4, 0.5) is 11.5 Å². The molecule has 0 aliphatic rings. The number of nitrogens with zero attached hydrogens (tertiary/aromatic N) is 2. The number of halogens is 1. The topological polar surface area (TPSA) is 47.0 Å². The molecular formula is C21H18BrN3OS. The monoisotopic (exact) mass is 439 g/mol. The maximum Gasteiger partial charge on any atom is 0.143 e. The van der Waals surface area contributed by atoms with Crippen LogP contribution in [0.25, 0.3) is 21.3 Å². The van der Waals surface area contributed by atoms with E-state index in [-0.39, 0.29) is 0 Å². The van der Waals surface area contributed by atoms with E-state index < -0.39 is 0 Å². The third-order valence-corrected chi connectivity index (χ3v) is 5.77. The Morgan fingerprint density at radius 3 is 2.48 bits per heavy atom. The van der Waals surface area contributed by atoms with Crippen LogP contribution in [-0.2, 0) is 0 Å². The van der Waals surface area contributed by atoms with E-state index in [4.69, 9.17) is 4.74 Å². The number of aryl methyl sites for hydroxylation is 1. The van der Waals surface area contributed by atoms with Gasteiger partial charge in [0.25, 0.3) is 0 Å². The van der Waals surface area contributed by atoms with Crippen molar-refractivity contribution in [1.82, 2.24) is 9.97 Å². The second kappa shape index (κ2) is 7.66. The van der Waals surface area contributed by atoms with Crippen molar-refractivity contribution in [1.29, 1.82) is 0 Å². The number of aromatic nitrogens is 2. The zero-order chi connectivity index (χ0) is 18.8. The Hall–Kier alpha value is -2.44. The molecule has 0 amide bonds. The molecular weight excluding hydrogens is 422 g/mol. The van der Waals surface area contributed by atoms with Crippen molar-refractivity contribution in [3.8, 4) is 16.9 Å². The van der Waals surface area contributed by atoms with Gasteiger partial charge in [-0.2, -0.15) is 0 Å². The van der Waals surface area contributed by atoms with Crippen LogP contribution < -0.4 is 10.1 Å². The molecule has 1 N–H and O–H groups in total. The summed E-state index contributed by atoms with van der Waals surface area (Å²) in [6.45, 7) is 4.78. The van der Waals surface area contributed by atoms with E-state index in [1.165, 1.54) is 10.4 Å². The zero-order valence-corrected chi connectivity index (χ0v) is 17.4. The maximum atomic E-state index is 5.57. The van der Waals surface area contributed by atoms with Crippen LogP contribution in [0.1, 0.15) is 11.8 Å². The van der Waals surface area contributed by atoms with Gasteiger partial charge >= 0.3 is 0 Å². The Kier molecular flexibility index (Phi) is 5.09. The number of benzene rings is 2.